The topological polar surface area (TPSA) is 54.9 Å². The number of carbonyl (C=O) groups excluding carboxylic acids is 1. The van der Waals surface area contributed by atoms with Crippen LogP contribution in [0, 0.1) is 5.92 Å². The van der Waals surface area contributed by atoms with Crippen molar-refractivity contribution in [3.8, 4) is 0 Å². The van der Waals surface area contributed by atoms with Crippen molar-refractivity contribution in [2.24, 2.45) is 5.92 Å². The molecule has 0 saturated heterocycles. The van der Waals surface area contributed by atoms with Gasteiger partial charge in [0, 0.05) is 17.3 Å². The summed E-state index contributed by atoms with van der Waals surface area (Å²) >= 11 is 4.55. The lowest BCUT2D eigenvalue weighted by Gasteiger charge is -2.09. The van der Waals surface area contributed by atoms with Crippen molar-refractivity contribution in [3.05, 3.63) is 11.1 Å². The van der Waals surface area contributed by atoms with Crippen LogP contribution in [0.5, 0.6) is 0 Å². The largest absolute Gasteiger partial charge is 0.350 e. The van der Waals surface area contributed by atoms with Gasteiger partial charge in [-0.15, -0.1) is 5.10 Å². The van der Waals surface area contributed by atoms with Crippen LogP contribution in [0.1, 0.15) is 23.8 Å². The van der Waals surface area contributed by atoms with Crippen LogP contribution in [0.3, 0.4) is 0 Å². The van der Waals surface area contributed by atoms with Gasteiger partial charge in [-0.25, -0.2) is 0 Å². The van der Waals surface area contributed by atoms with Gasteiger partial charge < -0.3 is 5.32 Å². The minimum atomic E-state index is -0.139. The number of nitrogens with zero attached hydrogens (tertiary/aromatic N) is 2. The number of nitrogens with one attached hydrogen (secondary N) is 1. The maximum atomic E-state index is 11.4. The normalized spacial score (nSPS) is 12.4. The summed E-state index contributed by atoms with van der Waals surface area (Å²) in [6.45, 7) is 2.78. The van der Waals surface area contributed by atoms with E-state index >= 15 is 0 Å². The lowest BCUT2D eigenvalue weighted by molar-refractivity contribution is 0.0943. The first-order valence-electron chi connectivity index (χ1n) is 4.35. The molecule has 0 saturated carbocycles. The summed E-state index contributed by atoms with van der Waals surface area (Å²) in [5.74, 6) is 0.338. The van der Waals surface area contributed by atoms with Crippen LogP contribution >= 0.6 is 27.5 Å². The number of halogens is 1. The molecule has 0 radical (unpaired) electrons. The minimum absolute atomic E-state index is 0.139. The SMILES string of the molecule is CC(CCBr)CNC(=O)c1csnn1. The number of carbonyl (C=O) groups is 1. The molecule has 14 heavy (non-hydrogen) atoms. The molecule has 6 heteroatoms. The van der Waals surface area contributed by atoms with Crippen molar-refractivity contribution in [1.82, 2.24) is 14.9 Å². The van der Waals surface area contributed by atoms with Crippen LogP contribution in [0.4, 0.5) is 0 Å². The second-order valence-electron chi connectivity index (χ2n) is 3.08. The highest BCUT2D eigenvalue weighted by atomic mass is 79.9. The molecule has 1 amide bonds. The Bertz CT molecular complexity index is 278. The van der Waals surface area contributed by atoms with Crippen molar-refractivity contribution in [2.45, 2.75) is 13.3 Å². The van der Waals surface area contributed by atoms with Gasteiger partial charge >= 0.3 is 0 Å². The highest BCUT2D eigenvalue weighted by Gasteiger charge is 2.09. The zero-order valence-corrected chi connectivity index (χ0v) is 10.3. The predicted molar refractivity (Wildman–Crippen MR) is 59.8 cm³/mol. The van der Waals surface area contributed by atoms with Crippen molar-refractivity contribution in [3.63, 3.8) is 0 Å². The number of rotatable bonds is 5. The van der Waals surface area contributed by atoms with Crippen LogP contribution in [0.25, 0.3) is 0 Å². The van der Waals surface area contributed by atoms with Gasteiger partial charge in [0.2, 0.25) is 0 Å². The summed E-state index contributed by atoms with van der Waals surface area (Å²) in [7, 11) is 0. The molecule has 0 aromatic carbocycles. The van der Waals surface area contributed by atoms with E-state index in [1.807, 2.05) is 0 Å². The molecule has 0 aliphatic carbocycles. The Morgan fingerprint density at radius 3 is 3.14 bits per heavy atom. The maximum Gasteiger partial charge on any atom is 0.272 e. The Kier molecular flexibility index (Phi) is 5.03. The summed E-state index contributed by atoms with van der Waals surface area (Å²) < 4.78 is 3.63. The Morgan fingerprint density at radius 1 is 1.79 bits per heavy atom. The second-order valence-corrected chi connectivity index (χ2v) is 4.49. The van der Waals surface area contributed by atoms with E-state index in [9.17, 15) is 4.79 Å². The van der Waals surface area contributed by atoms with Gasteiger partial charge in [0.1, 0.15) is 0 Å². The van der Waals surface area contributed by atoms with E-state index in [2.05, 4.69) is 37.8 Å². The fourth-order valence-electron chi connectivity index (χ4n) is 0.909. The predicted octanol–water partition coefficient (Wildman–Crippen LogP) is 1.69. The van der Waals surface area contributed by atoms with Crippen LogP contribution in [0.15, 0.2) is 5.38 Å². The van der Waals surface area contributed by atoms with Crippen molar-refractivity contribution >= 4 is 33.4 Å². The third kappa shape index (κ3) is 3.71. The fraction of sp³-hybridized carbons (Fsp3) is 0.625. The molecule has 78 valence electrons. The highest BCUT2D eigenvalue weighted by Crippen LogP contribution is 2.03. The molecule has 0 bridgehead atoms. The number of amides is 1. The summed E-state index contributed by atoms with van der Waals surface area (Å²) in [5, 5.41) is 9.11. The van der Waals surface area contributed by atoms with Gasteiger partial charge in [-0.05, 0) is 23.9 Å². The zero-order chi connectivity index (χ0) is 10.4. The van der Waals surface area contributed by atoms with Crippen molar-refractivity contribution in [1.29, 1.82) is 0 Å². The fourth-order valence-corrected chi connectivity index (χ4v) is 2.13. The molecule has 1 unspecified atom stereocenters. The third-order valence-electron chi connectivity index (χ3n) is 1.81. The molecule has 0 spiro atoms. The first-order valence-corrected chi connectivity index (χ1v) is 6.31. The summed E-state index contributed by atoms with van der Waals surface area (Å²) in [6.07, 6.45) is 1.05. The first-order chi connectivity index (χ1) is 6.74. The Balaban J connectivity index is 2.28. The Hall–Kier alpha value is -0.490. The van der Waals surface area contributed by atoms with Gasteiger partial charge in [-0.2, -0.15) is 0 Å². The molecule has 1 rings (SSSR count). The number of alkyl halides is 1. The quantitative estimate of drug-likeness (QED) is 0.834. The summed E-state index contributed by atoms with van der Waals surface area (Å²) in [6, 6.07) is 0. The van der Waals surface area contributed by atoms with E-state index in [1.165, 1.54) is 11.5 Å². The van der Waals surface area contributed by atoms with Gasteiger partial charge in [0.15, 0.2) is 5.69 Å². The smallest absolute Gasteiger partial charge is 0.272 e. The molecule has 0 fully saturated rings. The Morgan fingerprint density at radius 2 is 2.57 bits per heavy atom. The van der Waals surface area contributed by atoms with Crippen molar-refractivity contribution < 1.29 is 4.79 Å². The van der Waals surface area contributed by atoms with Crippen LogP contribution in [-0.4, -0.2) is 27.4 Å². The molecule has 1 aromatic rings. The average Bonchev–Trinajstić information content (AvgIpc) is 2.67. The van der Waals surface area contributed by atoms with Crippen LogP contribution in [-0.2, 0) is 0 Å². The minimum Gasteiger partial charge on any atom is -0.350 e. The summed E-state index contributed by atoms with van der Waals surface area (Å²) in [5.41, 5.74) is 0.404. The van der Waals surface area contributed by atoms with E-state index in [4.69, 9.17) is 0 Å². The van der Waals surface area contributed by atoms with E-state index < -0.39 is 0 Å². The van der Waals surface area contributed by atoms with Crippen LogP contribution < -0.4 is 5.32 Å². The maximum absolute atomic E-state index is 11.4. The van der Waals surface area contributed by atoms with Gasteiger partial charge in [-0.1, -0.05) is 27.3 Å². The van der Waals surface area contributed by atoms with E-state index in [1.54, 1.807) is 5.38 Å². The highest BCUT2D eigenvalue weighted by molar-refractivity contribution is 9.09. The number of hydrogen-bond acceptors (Lipinski definition) is 4. The molecular formula is C8H12BrN3OS. The van der Waals surface area contributed by atoms with Gasteiger partial charge in [0.25, 0.3) is 5.91 Å². The molecule has 1 N–H and O–H groups in total. The molecule has 1 heterocycles. The standard InChI is InChI=1S/C8H12BrN3OS/c1-6(2-3-9)4-10-8(13)7-5-14-12-11-7/h5-6H,2-4H2,1H3,(H,10,13). The van der Waals surface area contributed by atoms with E-state index in [-0.39, 0.29) is 5.91 Å². The molecular weight excluding hydrogens is 266 g/mol. The molecule has 0 aliphatic rings. The molecule has 1 aromatic heterocycles. The monoisotopic (exact) mass is 277 g/mol. The third-order valence-corrected chi connectivity index (χ3v) is 2.77. The zero-order valence-electron chi connectivity index (χ0n) is 7.86. The number of aromatic nitrogens is 2. The summed E-state index contributed by atoms with van der Waals surface area (Å²) in [4.78, 5) is 11.4. The Labute approximate surface area is 95.4 Å². The van der Waals surface area contributed by atoms with Crippen molar-refractivity contribution in [2.75, 3.05) is 11.9 Å². The molecule has 0 aliphatic heterocycles. The van der Waals surface area contributed by atoms with E-state index in [0.717, 1.165) is 11.8 Å². The molecule has 1 atom stereocenters. The van der Waals surface area contributed by atoms with Crippen LogP contribution in [0.2, 0.25) is 0 Å². The van der Waals surface area contributed by atoms with E-state index in [0.29, 0.717) is 18.2 Å². The second kappa shape index (κ2) is 6.08. The molecule has 4 nitrogen and oxygen atoms in total. The lowest BCUT2D eigenvalue weighted by Crippen LogP contribution is -2.28. The lowest BCUT2D eigenvalue weighted by atomic mass is 10.1. The number of hydrogen-bond donors (Lipinski definition) is 1. The first kappa shape index (κ1) is 11.6. The van der Waals surface area contributed by atoms with Gasteiger partial charge in [-0.3, -0.25) is 4.79 Å². The van der Waals surface area contributed by atoms with Gasteiger partial charge in [0.05, 0.1) is 0 Å². The average molecular weight is 278 g/mol.